The molecule has 0 saturated heterocycles. The van der Waals surface area contributed by atoms with Crippen LogP contribution >= 0.6 is 22.6 Å². The van der Waals surface area contributed by atoms with Crippen LogP contribution in [0.4, 0.5) is 0 Å². The van der Waals surface area contributed by atoms with Gasteiger partial charge in [0, 0.05) is 17.0 Å². The second-order valence-electron chi connectivity index (χ2n) is 12.8. The van der Waals surface area contributed by atoms with Crippen molar-refractivity contribution in [2.75, 3.05) is 11.0 Å². The van der Waals surface area contributed by atoms with Crippen molar-refractivity contribution in [3.8, 4) is 0 Å². The second-order valence-corrected chi connectivity index (χ2v) is 22.8. The van der Waals surface area contributed by atoms with Crippen LogP contribution in [0.25, 0.3) is 0 Å². The van der Waals surface area contributed by atoms with Crippen LogP contribution in [-0.2, 0) is 8.85 Å². The minimum absolute atomic E-state index is 0.0310. The normalized spacial score (nSPS) is 16.2. The van der Waals surface area contributed by atoms with Crippen molar-refractivity contribution in [2.24, 2.45) is 11.8 Å². The van der Waals surface area contributed by atoms with Gasteiger partial charge in [-0.05, 0) is 39.5 Å². The first-order valence-corrected chi connectivity index (χ1v) is 19.7. The molecule has 2 rings (SSSR count). The van der Waals surface area contributed by atoms with E-state index in [9.17, 15) is 0 Å². The van der Waals surface area contributed by atoms with Crippen molar-refractivity contribution >= 4 is 49.6 Å². The first-order valence-electron chi connectivity index (χ1n) is 13.3. The molecule has 0 radical (unpaired) electrons. The summed E-state index contributed by atoms with van der Waals surface area (Å²) in [4.78, 5) is 0. The average molecular weight is 637 g/mol. The maximum Gasteiger partial charge on any atom is 0.261 e. The van der Waals surface area contributed by atoms with Gasteiger partial charge in [-0.2, -0.15) is 0 Å². The molecule has 36 heavy (non-hydrogen) atoms. The standard InChI is InChI=1S/C31H49IO2Si2/c1-25(23-32)21-22-29(34-35(9,10)30(3,4)5)26(2)24-33-36(31(6,7)8,27-17-13-11-14-18-27)28-19-15-12-16-20-28/h11-22,25-26,29H,23-24H2,1-10H3/b22-21-/t25-,26+,29+/m1/s1. The number of hydrogen-bond acceptors (Lipinski definition) is 2. The van der Waals surface area contributed by atoms with E-state index in [1.54, 1.807) is 0 Å². The van der Waals surface area contributed by atoms with Crippen LogP contribution in [0.5, 0.6) is 0 Å². The van der Waals surface area contributed by atoms with Gasteiger partial charge >= 0.3 is 0 Å². The molecule has 0 aliphatic carbocycles. The number of rotatable bonds is 11. The van der Waals surface area contributed by atoms with Gasteiger partial charge in [0.15, 0.2) is 8.32 Å². The van der Waals surface area contributed by atoms with Crippen molar-refractivity contribution in [1.82, 2.24) is 0 Å². The lowest BCUT2D eigenvalue weighted by Crippen LogP contribution is -2.67. The summed E-state index contributed by atoms with van der Waals surface area (Å²) in [6.45, 7) is 23.9. The van der Waals surface area contributed by atoms with E-state index in [0.717, 1.165) is 4.43 Å². The fraction of sp³-hybridized carbons (Fsp3) is 0.548. The summed E-state index contributed by atoms with van der Waals surface area (Å²) in [6.07, 6.45) is 4.70. The summed E-state index contributed by atoms with van der Waals surface area (Å²) in [5.74, 6) is 0.763. The third kappa shape index (κ3) is 7.65. The van der Waals surface area contributed by atoms with E-state index in [0.29, 0.717) is 12.5 Å². The Morgan fingerprint density at radius 3 is 1.64 bits per heavy atom. The zero-order valence-corrected chi connectivity index (χ0v) is 28.4. The van der Waals surface area contributed by atoms with Gasteiger partial charge in [0.25, 0.3) is 8.32 Å². The van der Waals surface area contributed by atoms with Crippen molar-refractivity contribution in [2.45, 2.75) is 84.7 Å². The zero-order chi connectivity index (χ0) is 27.2. The highest BCUT2D eigenvalue weighted by Gasteiger charge is 2.50. The van der Waals surface area contributed by atoms with Crippen LogP contribution in [0.2, 0.25) is 23.2 Å². The fourth-order valence-electron chi connectivity index (χ4n) is 4.33. The van der Waals surface area contributed by atoms with E-state index in [1.807, 2.05) is 0 Å². The van der Waals surface area contributed by atoms with Crippen LogP contribution in [0.15, 0.2) is 72.8 Å². The highest BCUT2D eigenvalue weighted by atomic mass is 127. The lowest BCUT2D eigenvalue weighted by Gasteiger charge is -2.44. The molecule has 0 heterocycles. The molecular weight excluding hydrogens is 587 g/mol. The van der Waals surface area contributed by atoms with Gasteiger partial charge in [0.05, 0.1) is 6.10 Å². The number of allylic oxidation sites excluding steroid dienone is 1. The Morgan fingerprint density at radius 2 is 1.25 bits per heavy atom. The van der Waals surface area contributed by atoms with Crippen LogP contribution in [0.3, 0.4) is 0 Å². The summed E-state index contributed by atoms with van der Waals surface area (Å²) in [5, 5.41) is 2.78. The van der Waals surface area contributed by atoms with Crippen molar-refractivity contribution in [3.63, 3.8) is 0 Å². The summed E-state index contributed by atoms with van der Waals surface area (Å²) in [5.41, 5.74) is 0. The molecule has 5 heteroatoms. The SMILES string of the molecule is C[C@H](/C=C\[C@H](O[Si](C)(C)C(C)(C)C)[C@@H](C)CO[Si](c1ccccc1)(c1ccccc1)C(C)(C)C)CI. The first kappa shape index (κ1) is 31.5. The Kier molecular flexibility index (Phi) is 11.3. The van der Waals surface area contributed by atoms with Gasteiger partial charge in [-0.3, -0.25) is 0 Å². The van der Waals surface area contributed by atoms with Crippen LogP contribution in [0.1, 0.15) is 55.4 Å². The molecule has 0 aliphatic rings. The smallest absolute Gasteiger partial charge is 0.261 e. The number of hydrogen-bond donors (Lipinski definition) is 0. The third-order valence-corrected chi connectivity index (χ3v) is 18.5. The molecule has 0 N–H and O–H groups in total. The Bertz CT molecular complexity index is 907. The molecule has 0 fully saturated rings. The Hall–Kier alpha value is -0.736. The summed E-state index contributed by atoms with van der Waals surface area (Å²) >= 11 is 2.46. The molecule has 0 amide bonds. The molecule has 0 saturated carbocycles. The lowest BCUT2D eigenvalue weighted by molar-refractivity contribution is 0.122. The molecule has 2 aromatic carbocycles. The molecule has 0 bridgehead atoms. The highest BCUT2D eigenvalue weighted by molar-refractivity contribution is 14.1. The fourth-order valence-corrected chi connectivity index (χ4v) is 10.6. The molecule has 0 spiro atoms. The highest BCUT2D eigenvalue weighted by Crippen LogP contribution is 2.40. The van der Waals surface area contributed by atoms with Gasteiger partial charge in [0.2, 0.25) is 0 Å². The Balaban J connectivity index is 2.48. The van der Waals surface area contributed by atoms with Gasteiger partial charge in [-0.25, -0.2) is 0 Å². The first-order chi connectivity index (χ1) is 16.7. The Morgan fingerprint density at radius 1 is 0.778 bits per heavy atom. The molecule has 0 unspecified atom stereocenters. The molecule has 200 valence electrons. The van der Waals surface area contributed by atoms with Crippen LogP contribution < -0.4 is 10.4 Å². The van der Waals surface area contributed by atoms with Gasteiger partial charge in [-0.1, -0.05) is 151 Å². The number of benzene rings is 2. The molecule has 0 aromatic heterocycles. The number of halogens is 1. The second kappa shape index (κ2) is 12.9. The lowest BCUT2D eigenvalue weighted by atomic mass is 10.0. The summed E-state index contributed by atoms with van der Waals surface area (Å²) in [7, 11) is -4.52. The zero-order valence-electron chi connectivity index (χ0n) is 24.3. The predicted molar refractivity (Wildman–Crippen MR) is 172 cm³/mol. The van der Waals surface area contributed by atoms with E-state index < -0.39 is 16.6 Å². The monoisotopic (exact) mass is 636 g/mol. The molecule has 3 atom stereocenters. The van der Waals surface area contributed by atoms with E-state index in [1.165, 1.54) is 10.4 Å². The summed E-state index contributed by atoms with van der Waals surface area (Å²) < 4.78 is 15.4. The maximum absolute atomic E-state index is 7.28. The van der Waals surface area contributed by atoms with Crippen molar-refractivity contribution in [3.05, 3.63) is 72.8 Å². The molecule has 2 nitrogen and oxygen atoms in total. The van der Waals surface area contributed by atoms with Gasteiger partial charge in [0.1, 0.15) is 0 Å². The molecule has 0 aliphatic heterocycles. The van der Waals surface area contributed by atoms with Crippen molar-refractivity contribution in [1.29, 1.82) is 0 Å². The molecule has 2 aromatic rings. The average Bonchev–Trinajstić information content (AvgIpc) is 2.81. The largest absolute Gasteiger partial charge is 0.410 e. The minimum atomic E-state index is -2.57. The topological polar surface area (TPSA) is 18.5 Å². The van der Waals surface area contributed by atoms with Gasteiger partial charge < -0.3 is 8.85 Å². The number of alkyl halides is 1. The van der Waals surface area contributed by atoms with Gasteiger partial charge in [-0.15, -0.1) is 0 Å². The Labute approximate surface area is 237 Å². The molecular formula is C31H49IO2Si2. The van der Waals surface area contributed by atoms with E-state index >= 15 is 0 Å². The third-order valence-electron chi connectivity index (χ3n) is 7.65. The van der Waals surface area contributed by atoms with E-state index in [2.05, 4.69) is 164 Å². The predicted octanol–water partition coefficient (Wildman–Crippen LogP) is 8.22. The quantitative estimate of drug-likeness (QED) is 0.107. The van der Waals surface area contributed by atoms with Crippen LogP contribution in [0, 0.1) is 11.8 Å². The van der Waals surface area contributed by atoms with Crippen LogP contribution in [-0.4, -0.2) is 33.8 Å². The van der Waals surface area contributed by atoms with E-state index in [4.69, 9.17) is 8.85 Å². The van der Waals surface area contributed by atoms with Crippen molar-refractivity contribution < 1.29 is 8.85 Å². The maximum atomic E-state index is 7.28. The summed E-state index contributed by atoms with van der Waals surface area (Å²) in [6, 6.07) is 21.9. The minimum Gasteiger partial charge on any atom is -0.410 e. The van der Waals surface area contributed by atoms with E-state index in [-0.39, 0.29) is 22.1 Å².